The summed E-state index contributed by atoms with van der Waals surface area (Å²) in [5.41, 5.74) is -0.305. The lowest BCUT2D eigenvalue weighted by Gasteiger charge is -2.08. The Morgan fingerprint density at radius 1 is 1.53 bits per heavy atom. The first-order chi connectivity index (χ1) is 8.22. The van der Waals surface area contributed by atoms with E-state index in [1.807, 2.05) is 0 Å². The number of nitrogens with one attached hydrogen (secondary N) is 1. The number of halogens is 1. The van der Waals surface area contributed by atoms with Crippen molar-refractivity contribution in [1.29, 1.82) is 0 Å². The molecule has 0 radical (unpaired) electrons. The zero-order valence-corrected chi connectivity index (χ0v) is 8.90. The molecule has 0 aliphatic carbocycles. The molecule has 6 heteroatoms. The lowest BCUT2D eigenvalue weighted by molar-refractivity contribution is 0.276. The first-order valence-electron chi connectivity index (χ1n) is 5.29. The van der Waals surface area contributed by atoms with E-state index in [-0.39, 0.29) is 11.1 Å². The third kappa shape index (κ3) is 1.34. The van der Waals surface area contributed by atoms with Crippen molar-refractivity contribution in [3.05, 3.63) is 34.0 Å². The number of nitrogens with zero attached hydrogens (tertiary/aromatic N) is 2. The molecule has 1 aliphatic rings. The maximum atomic E-state index is 13.9. The lowest BCUT2D eigenvalue weighted by atomic mass is 10.1. The van der Waals surface area contributed by atoms with Gasteiger partial charge in [0.25, 0.3) is 0 Å². The molecule has 1 aromatic heterocycles. The molecule has 0 fully saturated rings. The minimum absolute atomic E-state index is 0.0159. The van der Waals surface area contributed by atoms with Gasteiger partial charge in [0.15, 0.2) is 5.82 Å². The van der Waals surface area contributed by atoms with E-state index in [1.54, 1.807) is 6.07 Å². The summed E-state index contributed by atoms with van der Waals surface area (Å²) in [6.07, 6.45) is 0. The third-order valence-corrected chi connectivity index (χ3v) is 2.96. The van der Waals surface area contributed by atoms with Gasteiger partial charge >= 0.3 is 5.69 Å². The van der Waals surface area contributed by atoms with Crippen molar-refractivity contribution in [3.63, 3.8) is 0 Å². The molecule has 2 heterocycles. The van der Waals surface area contributed by atoms with Crippen LogP contribution >= 0.6 is 0 Å². The minimum Gasteiger partial charge on any atom is -0.392 e. The van der Waals surface area contributed by atoms with Gasteiger partial charge in [-0.15, -0.1) is 0 Å². The normalized spacial score (nSPS) is 13.8. The van der Waals surface area contributed by atoms with Crippen LogP contribution in [0, 0.1) is 5.82 Å². The van der Waals surface area contributed by atoms with E-state index < -0.39 is 18.1 Å². The topological polar surface area (TPSA) is 67.1 Å². The van der Waals surface area contributed by atoms with Crippen LogP contribution in [0.1, 0.15) is 5.56 Å². The van der Waals surface area contributed by atoms with Gasteiger partial charge in [0, 0.05) is 24.0 Å². The molecule has 0 bridgehead atoms. The van der Waals surface area contributed by atoms with E-state index >= 15 is 0 Å². The van der Waals surface area contributed by atoms with Gasteiger partial charge < -0.3 is 10.4 Å². The minimum atomic E-state index is -0.626. The number of hydrogen-bond donors (Lipinski definition) is 2. The molecule has 2 N–H and O–H groups in total. The van der Waals surface area contributed by atoms with Crippen LogP contribution < -0.4 is 11.0 Å². The zero-order chi connectivity index (χ0) is 12.0. The molecule has 0 spiro atoms. The van der Waals surface area contributed by atoms with Gasteiger partial charge in [0.2, 0.25) is 0 Å². The molecule has 2 aromatic rings. The zero-order valence-electron chi connectivity index (χ0n) is 8.90. The number of fused-ring (bicyclic) bond motifs is 3. The fraction of sp³-hybridized carbons (Fsp3) is 0.273. The second-order valence-electron chi connectivity index (χ2n) is 3.91. The molecule has 1 aromatic carbocycles. The molecule has 0 amide bonds. The predicted molar refractivity (Wildman–Crippen MR) is 60.4 cm³/mol. The highest BCUT2D eigenvalue weighted by atomic mass is 19.1. The van der Waals surface area contributed by atoms with E-state index in [0.717, 1.165) is 0 Å². The van der Waals surface area contributed by atoms with Crippen LogP contribution in [0.5, 0.6) is 0 Å². The van der Waals surface area contributed by atoms with Crippen molar-refractivity contribution in [3.8, 4) is 0 Å². The second kappa shape index (κ2) is 3.53. The van der Waals surface area contributed by atoms with Crippen molar-refractivity contribution in [2.75, 3.05) is 11.9 Å². The van der Waals surface area contributed by atoms with E-state index in [9.17, 15) is 9.18 Å². The number of benzene rings is 1. The average molecular weight is 235 g/mol. The summed E-state index contributed by atoms with van der Waals surface area (Å²) in [6, 6.07) is 3.17. The highest BCUT2D eigenvalue weighted by molar-refractivity contribution is 5.90. The van der Waals surface area contributed by atoms with E-state index in [1.165, 1.54) is 10.6 Å². The molecular weight excluding hydrogens is 225 g/mol. The molecule has 0 unspecified atom stereocenters. The Kier molecular flexibility index (Phi) is 2.12. The smallest absolute Gasteiger partial charge is 0.349 e. The monoisotopic (exact) mass is 235 g/mol. The first-order valence-corrected chi connectivity index (χ1v) is 5.29. The molecule has 5 nitrogen and oxygen atoms in total. The SMILES string of the molecule is O=c1nc2c(F)c(CO)ccc2c2n1CCN2. The quantitative estimate of drug-likeness (QED) is 0.753. The molecule has 0 saturated heterocycles. The van der Waals surface area contributed by atoms with Crippen molar-refractivity contribution < 1.29 is 9.50 Å². The molecule has 3 rings (SSSR count). The maximum Gasteiger partial charge on any atom is 0.349 e. The van der Waals surface area contributed by atoms with Gasteiger partial charge in [-0.2, -0.15) is 4.98 Å². The molecule has 1 aliphatic heterocycles. The summed E-state index contributed by atoms with van der Waals surface area (Å²) >= 11 is 0. The van der Waals surface area contributed by atoms with Crippen LogP contribution in [0.25, 0.3) is 10.9 Å². The van der Waals surface area contributed by atoms with Crippen molar-refractivity contribution in [2.24, 2.45) is 0 Å². The highest BCUT2D eigenvalue weighted by Crippen LogP contribution is 2.26. The summed E-state index contributed by atoms with van der Waals surface area (Å²) < 4.78 is 15.4. The van der Waals surface area contributed by atoms with Crippen LogP contribution in [0.3, 0.4) is 0 Å². The fourth-order valence-electron chi connectivity index (χ4n) is 2.11. The molecule has 88 valence electrons. The summed E-state index contributed by atoms with van der Waals surface area (Å²) in [5.74, 6) is -0.0254. The Hall–Kier alpha value is -1.95. The molecule has 0 saturated carbocycles. The van der Waals surface area contributed by atoms with E-state index in [4.69, 9.17) is 5.11 Å². The summed E-state index contributed by atoms with van der Waals surface area (Å²) in [6.45, 7) is 0.773. The van der Waals surface area contributed by atoms with Crippen LogP contribution in [0.15, 0.2) is 16.9 Å². The number of aromatic nitrogens is 2. The summed E-state index contributed by atoms with van der Waals surface area (Å²) in [5, 5.41) is 12.6. The van der Waals surface area contributed by atoms with Crippen LogP contribution in [0.4, 0.5) is 10.2 Å². The van der Waals surface area contributed by atoms with Crippen LogP contribution in [-0.4, -0.2) is 21.2 Å². The predicted octanol–water partition coefficient (Wildman–Crippen LogP) is 0.453. The van der Waals surface area contributed by atoms with Crippen molar-refractivity contribution in [2.45, 2.75) is 13.2 Å². The maximum absolute atomic E-state index is 13.9. The Bertz CT molecular complexity index is 666. The first kappa shape index (κ1) is 10.2. The van der Waals surface area contributed by atoms with E-state index in [2.05, 4.69) is 10.3 Å². The number of anilines is 1. The Labute approximate surface area is 95.5 Å². The van der Waals surface area contributed by atoms with Gasteiger partial charge in [-0.25, -0.2) is 9.18 Å². The van der Waals surface area contributed by atoms with Crippen molar-refractivity contribution >= 4 is 16.7 Å². The highest BCUT2D eigenvalue weighted by Gasteiger charge is 2.19. The molecule has 17 heavy (non-hydrogen) atoms. The molecular formula is C11H10FN3O2. The van der Waals surface area contributed by atoms with Crippen LogP contribution in [0.2, 0.25) is 0 Å². The van der Waals surface area contributed by atoms with Crippen LogP contribution in [-0.2, 0) is 13.2 Å². The number of hydrogen-bond acceptors (Lipinski definition) is 4. The van der Waals surface area contributed by atoms with Gasteiger partial charge in [0.05, 0.1) is 6.61 Å². The largest absolute Gasteiger partial charge is 0.392 e. The van der Waals surface area contributed by atoms with Gasteiger partial charge in [-0.1, -0.05) is 6.07 Å². The van der Waals surface area contributed by atoms with Gasteiger partial charge in [-0.05, 0) is 6.07 Å². The standard InChI is InChI=1S/C11H10FN3O2/c12-8-6(5-16)1-2-7-9(8)14-11(17)15-4-3-13-10(7)15/h1-2,13,16H,3-5H2. The lowest BCUT2D eigenvalue weighted by Crippen LogP contribution is -2.21. The van der Waals surface area contributed by atoms with E-state index in [0.29, 0.717) is 24.3 Å². The average Bonchev–Trinajstić information content (AvgIpc) is 2.81. The Morgan fingerprint density at radius 2 is 2.35 bits per heavy atom. The Morgan fingerprint density at radius 3 is 3.12 bits per heavy atom. The fourth-order valence-corrected chi connectivity index (χ4v) is 2.11. The number of aliphatic hydroxyl groups is 1. The van der Waals surface area contributed by atoms with Gasteiger partial charge in [-0.3, -0.25) is 4.57 Å². The number of rotatable bonds is 1. The van der Waals surface area contributed by atoms with Gasteiger partial charge in [0.1, 0.15) is 11.3 Å². The second-order valence-corrected chi connectivity index (χ2v) is 3.91. The Balaban J connectivity index is 2.45. The molecule has 0 atom stereocenters. The summed E-state index contributed by atoms with van der Waals surface area (Å²) in [7, 11) is 0. The third-order valence-electron chi connectivity index (χ3n) is 2.96. The van der Waals surface area contributed by atoms with Crippen molar-refractivity contribution in [1.82, 2.24) is 9.55 Å². The summed E-state index contributed by atoms with van der Waals surface area (Å²) in [4.78, 5) is 15.4. The number of aliphatic hydroxyl groups excluding tert-OH is 1.